The van der Waals surface area contributed by atoms with Gasteiger partial charge in [-0.15, -0.1) is 0 Å². The number of Topliss-reactive ketones (excluding diaryl/α,β-unsaturated/α-hetero) is 1. The van der Waals surface area contributed by atoms with Crippen LogP contribution in [0.25, 0.3) is 0 Å². The molecule has 0 fully saturated rings. The molecule has 0 saturated carbocycles. The number of allylic oxidation sites excluding steroid dienone is 5. The van der Waals surface area contributed by atoms with Crippen LogP contribution < -0.4 is 4.74 Å². The van der Waals surface area contributed by atoms with E-state index >= 15 is 0 Å². The molecule has 1 aromatic carbocycles. The Labute approximate surface area is 158 Å². The fourth-order valence-corrected chi connectivity index (χ4v) is 3.10. The molecule has 1 aliphatic carbocycles. The molecule has 1 atom stereocenters. The van der Waals surface area contributed by atoms with E-state index in [1.807, 2.05) is 30.3 Å². The zero-order valence-corrected chi connectivity index (χ0v) is 15.3. The minimum absolute atomic E-state index is 0.0100. The molecule has 1 unspecified atom stereocenters. The maximum atomic E-state index is 12.2. The Bertz CT molecular complexity index is 704. The van der Waals surface area contributed by atoms with E-state index in [0.29, 0.717) is 12.0 Å². The molecule has 1 N–H and O–H groups in total. The summed E-state index contributed by atoms with van der Waals surface area (Å²) in [5.41, 5.74) is 0.674. The number of ketones is 1. The summed E-state index contributed by atoms with van der Waals surface area (Å²) in [6.07, 6.45) is 11.3. The Morgan fingerprint density at radius 2 is 1.88 bits per heavy atom. The van der Waals surface area contributed by atoms with Crippen molar-refractivity contribution >= 4 is 23.4 Å². The largest absolute Gasteiger partial charge is 0.481 e. The van der Waals surface area contributed by atoms with E-state index in [2.05, 4.69) is 0 Å². The van der Waals surface area contributed by atoms with Crippen molar-refractivity contribution in [2.24, 2.45) is 5.92 Å². The molecule has 26 heavy (non-hydrogen) atoms. The molecule has 0 spiro atoms. The van der Waals surface area contributed by atoms with Crippen LogP contribution in [-0.4, -0.2) is 16.9 Å². The molecular weight excluding hydrogens is 352 g/mol. The van der Waals surface area contributed by atoms with E-state index in [1.54, 1.807) is 24.5 Å². The number of carboxylic acid groups (broad SMARTS) is 1. The lowest BCUT2D eigenvalue weighted by molar-refractivity contribution is -0.137. The average molecular weight is 375 g/mol. The maximum Gasteiger partial charge on any atom is 0.303 e. The van der Waals surface area contributed by atoms with Gasteiger partial charge >= 0.3 is 5.97 Å². The van der Waals surface area contributed by atoms with Gasteiger partial charge in [-0.2, -0.15) is 0 Å². The number of carbonyl (C=O) groups is 2. The SMILES string of the molecule is O=C(O)CCCCCCC1C=C(Cl)C(=O)C1=CC=COc1ccccc1. The van der Waals surface area contributed by atoms with E-state index in [9.17, 15) is 9.59 Å². The predicted molar refractivity (Wildman–Crippen MR) is 102 cm³/mol. The van der Waals surface area contributed by atoms with Crippen LogP contribution in [0, 0.1) is 5.92 Å². The number of carbonyl (C=O) groups excluding carboxylic acids is 1. The second kappa shape index (κ2) is 10.6. The number of hydrogen-bond donors (Lipinski definition) is 1. The molecule has 1 aromatic rings. The maximum absolute atomic E-state index is 12.2. The van der Waals surface area contributed by atoms with Crippen molar-refractivity contribution in [3.05, 3.63) is 65.4 Å². The smallest absolute Gasteiger partial charge is 0.303 e. The van der Waals surface area contributed by atoms with Crippen molar-refractivity contribution in [1.82, 2.24) is 0 Å². The van der Waals surface area contributed by atoms with Crippen molar-refractivity contribution in [2.75, 3.05) is 0 Å². The Morgan fingerprint density at radius 1 is 1.15 bits per heavy atom. The minimum Gasteiger partial charge on any atom is -0.481 e. The summed E-state index contributed by atoms with van der Waals surface area (Å²) in [7, 11) is 0. The average Bonchev–Trinajstić information content (AvgIpc) is 2.89. The Balaban J connectivity index is 1.82. The molecule has 0 heterocycles. The van der Waals surface area contributed by atoms with Crippen molar-refractivity contribution in [3.63, 3.8) is 0 Å². The molecule has 0 saturated heterocycles. The van der Waals surface area contributed by atoms with Crippen molar-refractivity contribution < 1.29 is 19.4 Å². The molecule has 0 aromatic heterocycles. The lowest BCUT2D eigenvalue weighted by Crippen LogP contribution is -2.03. The fraction of sp³-hybridized carbons (Fsp3) is 0.333. The number of aliphatic carboxylic acids is 1. The summed E-state index contributed by atoms with van der Waals surface area (Å²) in [4.78, 5) is 22.7. The van der Waals surface area contributed by atoms with Gasteiger partial charge in [0.1, 0.15) is 5.75 Å². The first-order valence-corrected chi connectivity index (χ1v) is 9.18. The van der Waals surface area contributed by atoms with Crippen LogP contribution >= 0.6 is 11.6 Å². The van der Waals surface area contributed by atoms with Gasteiger partial charge in [-0.25, -0.2) is 0 Å². The molecule has 5 heteroatoms. The normalized spacial score (nSPS) is 18.5. The molecule has 0 bridgehead atoms. The van der Waals surface area contributed by atoms with Gasteiger partial charge in [-0.1, -0.05) is 61.2 Å². The molecule has 0 radical (unpaired) electrons. The quantitative estimate of drug-likeness (QED) is 0.345. The third-order valence-electron chi connectivity index (χ3n) is 4.18. The minimum atomic E-state index is -0.754. The lowest BCUT2D eigenvalue weighted by Gasteiger charge is -2.09. The molecule has 0 aliphatic heterocycles. The predicted octanol–water partition coefficient (Wildman–Crippen LogP) is 5.25. The third-order valence-corrected chi connectivity index (χ3v) is 4.48. The molecule has 1 aliphatic rings. The summed E-state index contributed by atoms with van der Waals surface area (Å²) >= 11 is 6.01. The van der Waals surface area contributed by atoms with Gasteiger partial charge in [0, 0.05) is 17.9 Å². The number of rotatable bonds is 10. The number of hydrogen-bond acceptors (Lipinski definition) is 3. The third kappa shape index (κ3) is 6.52. The lowest BCUT2D eigenvalue weighted by atomic mass is 9.95. The van der Waals surface area contributed by atoms with Gasteiger partial charge < -0.3 is 9.84 Å². The van der Waals surface area contributed by atoms with Gasteiger partial charge in [-0.3, -0.25) is 9.59 Å². The summed E-state index contributed by atoms with van der Waals surface area (Å²) in [5, 5.41) is 8.90. The van der Waals surface area contributed by atoms with Crippen LogP contribution in [0.4, 0.5) is 0 Å². The monoisotopic (exact) mass is 374 g/mol. The Morgan fingerprint density at radius 3 is 2.62 bits per heavy atom. The summed E-state index contributed by atoms with van der Waals surface area (Å²) in [6.45, 7) is 0. The van der Waals surface area contributed by atoms with Crippen LogP contribution in [0.15, 0.2) is 65.4 Å². The van der Waals surface area contributed by atoms with Crippen LogP contribution in [-0.2, 0) is 9.59 Å². The van der Waals surface area contributed by atoms with Gasteiger partial charge in [0.2, 0.25) is 5.78 Å². The number of unbranched alkanes of at least 4 members (excludes halogenated alkanes) is 3. The highest BCUT2D eigenvalue weighted by atomic mass is 35.5. The molecule has 4 nitrogen and oxygen atoms in total. The first kappa shape index (κ1) is 20.0. The van der Waals surface area contributed by atoms with Crippen LogP contribution in [0.3, 0.4) is 0 Å². The van der Waals surface area contributed by atoms with E-state index in [-0.39, 0.29) is 23.2 Å². The van der Waals surface area contributed by atoms with Gasteiger partial charge in [0.15, 0.2) is 0 Å². The Kier molecular flexibility index (Phi) is 8.16. The van der Waals surface area contributed by atoms with Crippen LogP contribution in [0.1, 0.15) is 38.5 Å². The Hall–Kier alpha value is -2.33. The number of carboxylic acids is 1. The molecule has 0 amide bonds. The highest BCUT2D eigenvalue weighted by Crippen LogP contribution is 2.33. The summed E-state index contributed by atoms with van der Waals surface area (Å²) in [6, 6.07) is 9.39. The van der Waals surface area contributed by atoms with Crippen molar-refractivity contribution in [2.45, 2.75) is 38.5 Å². The molecular formula is C21H23ClO4. The number of para-hydroxylation sites is 1. The van der Waals surface area contributed by atoms with Crippen molar-refractivity contribution in [1.29, 1.82) is 0 Å². The topological polar surface area (TPSA) is 63.6 Å². The second-order valence-corrected chi connectivity index (χ2v) is 6.59. The van der Waals surface area contributed by atoms with E-state index in [1.165, 1.54) is 0 Å². The second-order valence-electron chi connectivity index (χ2n) is 6.18. The number of ether oxygens (including phenoxy) is 1. The van der Waals surface area contributed by atoms with Gasteiger partial charge in [-0.05, 0) is 31.1 Å². The first-order valence-electron chi connectivity index (χ1n) is 8.80. The molecule has 138 valence electrons. The standard InChI is InChI=1S/C21H23ClO4/c22-19-15-16(9-4-1-2-7-13-20(23)24)18(21(19)25)12-8-14-26-17-10-5-3-6-11-17/h3,5-6,8,10-12,14-16H,1-2,4,7,9,13H2,(H,23,24). The van der Waals surface area contributed by atoms with E-state index in [0.717, 1.165) is 31.4 Å². The van der Waals surface area contributed by atoms with Crippen molar-refractivity contribution in [3.8, 4) is 5.75 Å². The number of benzene rings is 1. The van der Waals surface area contributed by atoms with Gasteiger partial charge in [0.25, 0.3) is 0 Å². The highest BCUT2D eigenvalue weighted by molar-refractivity contribution is 6.46. The summed E-state index contributed by atoms with van der Waals surface area (Å²) < 4.78 is 5.47. The van der Waals surface area contributed by atoms with E-state index < -0.39 is 5.97 Å². The first-order chi connectivity index (χ1) is 12.6. The molecule has 2 rings (SSSR count). The van der Waals surface area contributed by atoms with E-state index in [4.69, 9.17) is 21.4 Å². The van der Waals surface area contributed by atoms with Crippen LogP contribution in [0.5, 0.6) is 5.75 Å². The van der Waals surface area contributed by atoms with Crippen LogP contribution in [0.2, 0.25) is 0 Å². The fourth-order valence-electron chi connectivity index (χ4n) is 2.84. The zero-order valence-electron chi connectivity index (χ0n) is 14.6. The summed E-state index contributed by atoms with van der Waals surface area (Å²) in [5.74, 6) is -0.146. The zero-order chi connectivity index (χ0) is 18.8. The number of halogens is 1. The highest BCUT2D eigenvalue weighted by Gasteiger charge is 2.27. The van der Waals surface area contributed by atoms with Gasteiger partial charge in [0.05, 0.1) is 11.3 Å².